The van der Waals surface area contributed by atoms with E-state index in [1.807, 2.05) is 28.3 Å². The molecule has 4 aromatic heterocycles. The molecule has 0 aliphatic carbocycles. The Kier molecular flexibility index (Phi) is 5.67. The van der Waals surface area contributed by atoms with Gasteiger partial charge in [0.15, 0.2) is 5.82 Å². The van der Waals surface area contributed by atoms with Crippen molar-refractivity contribution in [2.45, 2.75) is 13.8 Å². The molecule has 2 aromatic carbocycles. The summed E-state index contributed by atoms with van der Waals surface area (Å²) in [4.78, 5) is 22.2. The molecule has 200 valence electrons. The number of nitrogens with zero attached hydrogens (tertiary/aromatic N) is 8. The third-order valence-corrected chi connectivity index (χ3v) is 7.11. The molecule has 11 heteroatoms. The monoisotopic (exact) mass is 527 g/mol. The molecule has 0 saturated carbocycles. The maximum Gasteiger partial charge on any atom is 0.328 e. The largest absolute Gasteiger partial charge is 0.383 e. The van der Waals surface area contributed by atoms with E-state index in [2.05, 4.69) is 29.2 Å². The van der Waals surface area contributed by atoms with E-state index in [0.717, 1.165) is 34.6 Å². The van der Waals surface area contributed by atoms with E-state index in [-0.39, 0.29) is 11.5 Å². The van der Waals surface area contributed by atoms with Gasteiger partial charge in [0.1, 0.15) is 11.5 Å². The van der Waals surface area contributed by atoms with Gasteiger partial charge in [-0.05, 0) is 24.1 Å². The minimum atomic E-state index is -0.375. The summed E-state index contributed by atoms with van der Waals surface area (Å²) in [5.74, 6) is 0.630. The third kappa shape index (κ3) is 3.92. The molecule has 6 aromatic rings. The van der Waals surface area contributed by atoms with Gasteiger partial charge in [0.05, 0.1) is 52.2 Å². The Labute approximate surface area is 223 Å². The maximum atomic E-state index is 15.6. The van der Waals surface area contributed by atoms with Gasteiger partial charge in [0, 0.05) is 58.1 Å². The van der Waals surface area contributed by atoms with Crippen LogP contribution in [0.4, 0.5) is 10.1 Å². The van der Waals surface area contributed by atoms with Crippen LogP contribution in [0.25, 0.3) is 50.4 Å². The van der Waals surface area contributed by atoms with Crippen molar-refractivity contribution in [2.75, 3.05) is 11.9 Å². The Balaban J connectivity index is 1.67. The van der Waals surface area contributed by atoms with E-state index in [1.165, 1.54) is 6.07 Å². The highest BCUT2D eigenvalue weighted by Gasteiger charge is 2.22. The molecule has 0 atom stereocenters. The summed E-state index contributed by atoms with van der Waals surface area (Å²) in [5, 5.41) is 7.72. The number of benzene rings is 2. The van der Waals surface area contributed by atoms with Crippen LogP contribution >= 0.6 is 0 Å². The fraction of sp³-hybridized carbons (Fsp3) is 0.286. The lowest BCUT2D eigenvalue weighted by atomic mass is 10.1. The summed E-state index contributed by atoms with van der Waals surface area (Å²) in [6, 6.07) is 7.22. The van der Waals surface area contributed by atoms with Crippen LogP contribution < -0.4 is 11.0 Å². The molecule has 39 heavy (non-hydrogen) atoms. The summed E-state index contributed by atoms with van der Waals surface area (Å²) < 4.78 is 24.4. The third-order valence-electron chi connectivity index (χ3n) is 7.11. The number of nitrogens with one attached hydrogen (secondary N) is 1. The molecule has 10 nitrogen and oxygen atoms in total. The minimum Gasteiger partial charge on any atom is -0.383 e. The van der Waals surface area contributed by atoms with Gasteiger partial charge in [-0.15, -0.1) is 0 Å². The van der Waals surface area contributed by atoms with Crippen molar-refractivity contribution in [3.63, 3.8) is 0 Å². The Morgan fingerprint density at radius 3 is 2.46 bits per heavy atom. The first-order valence-corrected chi connectivity index (χ1v) is 12.8. The molecular formula is C28H30FN9O. The van der Waals surface area contributed by atoms with Crippen molar-refractivity contribution in [3.8, 4) is 28.3 Å². The molecular weight excluding hydrogens is 497 g/mol. The molecule has 0 unspecified atom stereocenters. The topological polar surface area (TPSA) is 92.4 Å². The predicted molar refractivity (Wildman–Crippen MR) is 150 cm³/mol. The standard InChI is InChI=1S/C28H30FN9O/c1-16(2)11-31-22-7-18(8-24-26(22)37(6)28(39)36(24)5)38-23-10-20(29)19(17-12-32-35(4)14-17)9-21(23)33-27(38)25-13-30-15-34(25)3/h7-10,12-16,31H,11H2,1-6H3. The van der Waals surface area contributed by atoms with E-state index in [4.69, 9.17) is 4.98 Å². The van der Waals surface area contributed by atoms with Crippen molar-refractivity contribution in [1.82, 2.24) is 38.0 Å². The molecule has 4 heterocycles. The maximum absolute atomic E-state index is 15.6. The summed E-state index contributed by atoms with van der Waals surface area (Å²) in [6.07, 6.45) is 6.87. The molecule has 1 N–H and O–H groups in total. The van der Waals surface area contributed by atoms with Gasteiger partial charge in [-0.3, -0.25) is 18.4 Å². The van der Waals surface area contributed by atoms with E-state index in [0.29, 0.717) is 33.9 Å². The molecule has 0 bridgehead atoms. The molecule has 0 radical (unpaired) electrons. The molecule has 0 fully saturated rings. The molecule has 0 aliphatic rings. The first-order chi connectivity index (χ1) is 18.6. The van der Waals surface area contributed by atoms with Crippen molar-refractivity contribution in [2.24, 2.45) is 34.1 Å². The first kappa shape index (κ1) is 24.7. The van der Waals surface area contributed by atoms with Crippen LogP contribution in [0, 0.1) is 11.7 Å². The second-order valence-corrected chi connectivity index (χ2v) is 10.4. The van der Waals surface area contributed by atoms with Crippen LogP contribution in [0.2, 0.25) is 0 Å². The number of anilines is 1. The van der Waals surface area contributed by atoms with Crippen molar-refractivity contribution >= 4 is 27.8 Å². The van der Waals surface area contributed by atoms with Gasteiger partial charge in [-0.1, -0.05) is 13.8 Å². The highest BCUT2D eigenvalue weighted by molar-refractivity contribution is 5.93. The van der Waals surface area contributed by atoms with Gasteiger partial charge in [0.25, 0.3) is 0 Å². The Hall–Kier alpha value is -4.67. The number of halogens is 1. The molecule has 0 spiro atoms. The number of aryl methyl sites for hydroxylation is 4. The number of rotatable bonds is 6. The van der Waals surface area contributed by atoms with Gasteiger partial charge < -0.3 is 9.88 Å². The fourth-order valence-corrected chi connectivity index (χ4v) is 5.10. The van der Waals surface area contributed by atoms with Crippen LogP contribution in [0.15, 0.2) is 54.0 Å². The SMILES string of the molecule is CC(C)CNc1cc(-n2c(-c3cncn3C)nc3cc(-c4cnn(C)c4)c(F)cc32)cc2c1n(C)c(=O)n2C. The van der Waals surface area contributed by atoms with Gasteiger partial charge >= 0.3 is 5.69 Å². The van der Waals surface area contributed by atoms with Crippen LogP contribution in [0.1, 0.15) is 13.8 Å². The predicted octanol–water partition coefficient (Wildman–Crippen LogP) is 4.22. The van der Waals surface area contributed by atoms with E-state index in [1.54, 1.807) is 65.9 Å². The minimum absolute atomic E-state index is 0.121. The molecule has 0 aliphatic heterocycles. The van der Waals surface area contributed by atoms with Crippen molar-refractivity contribution in [1.29, 1.82) is 0 Å². The summed E-state index contributed by atoms with van der Waals surface area (Å²) in [7, 11) is 7.23. The summed E-state index contributed by atoms with van der Waals surface area (Å²) in [6.45, 7) is 4.99. The Morgan fingerprint density at radius 1 is 1.00 bits per heavy atom. The fourth-order valence-electron chi connectivity index (χ4n) is 5.10. The highest BCUT2D eigenvalue weighted by Crippen LogP contribution is 2.35. The first-order valence-electron chi connectivity index (χ1n) is 12.8. The molecule has 0 saturated heterocycles. The smallest absolute Gasteiger partial charge is 0.328 e. The number of imidazole rings is 3. The highest BCUT2D eigenvalue weighted by atomic mass is 19.1. The van der Waals surface area contributed by atoms with Crippen LogP contribution in [0.5, 0.6) is 0 Å². The summed E-state index contributed by atoms with van der Waals surface area (Å²) in [5.41, 5.74) is 6.13. The average Bonchev–Trinajstić information content (AvgIpc) is 3.65. The lowest BCUT2D eigenvalue weighted by Crippen LogP contribution is -2.19. The van der Waals surface area contributed by atoms with Crippen LogP contribution in [-0.2, 0) is 28.2 Å². The second kappa shape index (κ2) is 8.97. The van der Waals surface area contributed by atoms with Crippen molar-refractivity contribution < 1.29 is 4.39 Å². The lowest BCUT2D eigenvalue weighted by Gasteiger charge is -2.16. The Morgan fingerprint density at radius 2 is 1.79 bits per heavy atom. The van der Waals surface area contributed by atoms with Crippen LogP contribution in [-0.4, -0.2) is 44.6 Å². The zero-order valence-electron chi connectivity index (χ0n) is 22.8. The van der Waals surface area contributed by atoms with E-state index in [9.17, 15) is 4.79 Å². The summed E-state index contributed by atoms with van der Waals surface area (Å²) >= 11 is 0. The van der Waals surface area contributed by atoms with E-state index >= 15 is 4.39 Å². The molecule has 0 amide bonds. The number of aromatic nitrogens is 8. The average molecular weight is 528 g/mol. The molecule has 6 rings (SSSR count). The van der Waals surface area contributed by atoms with Crippen LogP contribution in [0.3, 0.4) is 0 Å². The number of fused-ring (bicyclic) bond motifs is 2. The van der Waals surface area contributed by atoms with Crippen molar-refractivity contribution in [3.05, 3.63) is 65.5 Å². The normalized spacial score (nSPS) is 11.9. The number of hydrogen-bond donors (Lipinski definition) is 1. The lowest BCUT2D eigenvalue weighted by molar-refractivity contribution is 0.632. The van der Waals surface area contributed by atoms with Gasteiger partial charge in [-0.2, -0.15) is 5.10 Å². The van der Waals surface area contributed by atoms with Gasteiger partial charge in [0.2, 0.25) is 0 Å². The quantitative estimate of drug-likeness (QED) is 0.350. The zero-order valence-corrected chi connectivity index (χ0v) is 22.8. The zero-order chi connectivity index (χ0) is 27.6. The van der Waals surface area contributed by atoms with E-state index < -0.39 is 0 Å². The van der Waals surface area contributed by atoms with Gasteiger partial charge in [-0.25, -0.2) is 19.2 Å². The Bertz CT molecular complexity index is 1930. The number of hydrogen-bond acceptors (Lipinski definition) is 5. The second-order valence-electron chi connectivity index (χ2n) is 10.4.